The molecule has 0 heterocycles. The molecule has 0 aliphatic heterocycles. The van der Waals surface area contributed by atoms with Crippen molar-refractivity contribution in [1.29, 1.82) is 0 Å². The van der Waals surface area contributed by atoms with Crippen molar-refractivity contribution in [3.8, 4) is 0 Å². The summed E-state index contributed by atoms with van der Waals surface area (Å²) in [4.78, 5) is 12.5. The van der Waals surface area contributed by atoms with Gasteiger partial charge in [-0.05, 0) is 17.7 Å². The lowest BCUT2D eigenvalue weighted by atomic mass is 9.98. The summed E-state index contributed by atoms with van der Waals surface area (Å²) in [5.74, 6) is -2.17. The molecule has 0 radical (unpaired) electrons. The van der Waals surface area contributed by atoms with Crippen LogP contribution in [0.15, 0.2) is 18.2 Å². The van der Waals surface area contributed by atoms with Gasteiger partial charge in [-0.1, -0.05) is 6.07 Å². The highest BCUT2D eigenvalue weighted by atomic mass is 19.1. The van der Waals surface area contributed by atoms with Crippen LogP contribution in [0.4, 0.5) is 10.1 Å². The number of benzene rings is 1. The van der Waals surface area contributed by atoms with Crippen LogP contribution in [-0.2, 0) is 4.79 Å². The van der Waals surface area contributed by atoms with Crippen molar-refractivity contribution in [1.82, 2.24) is 0 Å². The van der Waals surface area contributed by atoms with Crippen LogP contribution in [0.25, 0.3) is 0 Å². The fraction of sp³-hybridized carbons (Fsp3) is 0.364. The molecule has 4 nitrogen and oxygen atoms in total. The molecule has 0 bridgehead atoms. The van der Waals surface area contributed by atoms with Crippen LogP contribution in [-0.4, -0.2) is 31.7 Å². The molecule has 0 aliphatic rings. The minimum Gasteiger partial charge on any atom is -0.481 e. The zero-order valence-corrected chi connectivity index (χ0v) is 9.27. The predicted octanol–water partition coefficient (Wildman–Crippen LogP) is 1.02. The van der Waals surface area contributed by atoms with Crippen LogP contribution in [0.1, 0.15) is 11.5 Å². The lowest BCUT2D eigenvalue weighted by Gasteiger charge is -2.17. The van der Waals surface area contributed by atoms with Crippen molar-refractivity contribution >= 4 is 11.7 Å². The number of nitrogens with zero attached hydrogens (tertiary/aromatic N) is 1. The Morgan fingerprint density at radius 2 is 2.19 bits per heavy atom. The minimum atomic E-state index is -1.00. The third-order valence-electron chi connectivity index (χ3n) is 2.39. The summed E-state index contributed by atoms with van der Waals surface area (Å²) in [6.07, 6.45) is 0. The second kappa shape index (κ2) is 4.94. The first kappa shape index (κ1) is 12.4. The van der Waals surface area contributed by atoms with Gasteiger partial charge in [0.2, 0.25) is 0 Å². The highest BCUT2D eigenvalue weighted by Crippen LogP contribution is 2.23. The van der Waals surface area contributed by atoms with Crippen LogP contribution in [0.2, 0.25) is 0 Å². The van der Waals surface area contributed by atoms with E-state index in [-0.39, 0.29) is 12.4 Å². The molecule has 3 N–H and O–H groups in total. The van der Waals surface area contributed by atoms with Crippen molar-refractivity contribution in [3.63, 3.8) is 0 Å². The number of anilines is 1. The zero-order valence-electron chi connectivity index (χ0n) is 9.27. The topological polar surface area (TPSA) is 66.6 Å². The molecule has 1 aromatic carbocycles. The van der Waals surface area contributed by atoms with Gasteiger partial charge < -0.3 is 15.7 Å². The summed E-state index contributed by atoms with van der Waals surface area (Å²) in [6, 6.07) is 4.23. The summed E-state index contributed by atoms with van der Waals surface area (Å²) in [5.41, 5.74) is 6.25. The van der Waals surface area contributed by atoms with E-state index in [0.29, 0.717) is 11.3 Å². The maximum atomic E-state index is 13.4. The molecule has 1 aromatic rings. The van der Waals surface area contributed by atoms with Gasteiger partial charge >= 0.3 is 5.97 Å². The number of hydrogen-bond donors (Lipinski definition) is 2. The molecule has 1 rings (SSSR count). The van der Waals surface area contributed by atoms with Gasteiger partial charge in [-0.3, -0.25) is 4.79 Å². The van der Waals surface area contributed by atoms with Crippen molar-refractivity contribution in [2.45, 2.75) is 5.92 Å². The van der Waals surface area contributed by atoms with Crippen molar-refractivity contribution in [2.75, 3.05) is 25.5 Å². The highest BCUT2D eigenvalue weighted by molar-refractivity contribution is 5.77. The van der Waals surface area contributed by atoms with Gasteiger partial charge in [-0.2, -0.15) is 0 Å². The second-order valence-electron chi connectivity index (χ2n) is 3.73. The standard InChI is InChI=1S/C11H15FN2O2/c1-14(2)10-5-7(3-4-9(10)12)8(6-13)11(15)16/h3-5,8H,6,13H2,1-2H3,(H,15,16). The van der Waals surface area contributed by atoms with Gasteiger partial charge in [0.1, 0.15) is 5.82 Å². The Bertz CT molecular complexity index is 394. The van der Waals surface area contributed by atoms with Crippen LogP contribution in [0.5, 0.6) is 0 Å². The average molecular weight is 226 g/mol. The number of rotatable bonds is 4. The maximum Gasteiger partial charge on any atom is 0.312 e. The van der Waals surface area contributed by atoms with E-state index in [1.807, 2.05) is 0 Å². The average Bonchev–Trinajstić information content (AvgIpc) is 2.20. The van der Waals surface area contributed by atoms with E-state index >= 15 is 0 Å². The van der Waals surface area contributed by atoms with E-state index in [1.54, 1.807) is 19.0 Å². The number of carboxylic acid groups (broad SMARTS) is 1. The van der Waals surface area contributed by atoms with Gasteiger partial charge in [-0.25, -0.2) is 4.39 Å². The SMILES string of the molecule is CN(C)c1cc(C(CN)C(=O)O)ccc1F. The number of nitrogens with two attached hydrogens (primary N) is 1. The first-order valence-corrected chi connectivity index (χ1v) is 4.87. The molecule has 16 heavy (non-hydrogen) atoms. The Morgan fingerprint density at radius 3 is 2.62 bits per heavy atom. The lowest BCUT2D eigenvalue weighted by Crippen LogP contribution is -2.21. The van der Waals surface area contributed by atoms with Crippen LogP contribution >= 0.6 is 0 Å². The van der Waals surface area contributed by atoms with E-state index in [0.717, 1.165) is 0 Å². The van der Waals surface area contributed by atoms with Gasteiger partial charge in [0.05, 0.1) is 11.6 Å². The van der Waals surface area contributed by atoms with E-state index in [1.165, 1.54) is 18.2 Å². The Labute approximate surface area is 93.5 Å². The molecule has 0 amide bonds. The predicted molar refractivity (Wildman–Crippen MR) is 60.2 cm³/mol. The second-order valence-corrected chi connectivity index (χ2v) is 3.73. The molecule has 0 aromatic heterocycles. The summed E-state index contributed by atoms with van der Waals surface area (Å²) >= 11 is 0. The van der Waals surface area contributed by atoms with Crippen LogP contribution in [0, 0.1) is 5.82 Å². The van der Waals surface area contributed by atoms with E-state index < -0.39 is 11.9 Å². The Hall–Kier alpha value is -1.62. The molecule has 0 saturated heterocycles. The Morgan fingerprint density at radius 1 is 1.56 bits per heavy atom. The fourth-order valence-corrected chi connectivity index (χ4v) is 1.47. The molecule has 1 atom stereocenters. The molecular weight excluding hydrogens is 211 g/mol. The summed E-state index contributed by atoms with van der Waals surface area (Å²) < 4.78 is 13.4. The van der Waals surface area contributed by atoms with Crippen molar-refractivity contribution < 1.29 is 14.3 Å². The Kier molecular flexibility index (Phi) is 3.84. The van der Waals surface area contributed by atoms with Crippen LogP contribution < -0.4 is 10.6 Å². The Balaban J connectivity index is 3.15. The number of carbonyl (C=O) groups is 1. The highest BCUT2D eigenvalue weighted by Gasteiger charge is 2.19. The maximum absolute atomic E-state index is 13.4. The molecule has 0 aliphatic carbocycles. The third kappa shape index (κ3) is 2.49. The normalized spacial score (nSPS) is 12.2. The molecule has 0 spiro atoms. The van der Waals surface area contributed by atoms with Crippen LogP contribution in [0.3, 0.4) is 0 Å². The van der Waals surface area contributed by atoms with Crippen molar-refractivity contribution in [3.05, 3.63) is 29.6 Å². The van der Waals surface area contributed by atoms with Gasteiger partial charge in [-0.15, -0.1) is 0 Å². The number of carboxylic acids is 1. The van der Waals surface area contributed by atoms with Gasteiger partial charge in [0.25, 0.3) is 0 Å². The van der Waals surface area contributed by atoms with E-state index in [4.69, 9.17) is 10.8 Å². The quantitative estimate of drug-likeness (QED) is 0.804. The zero-order chi connectivity index (χ0) is 12.3. The summed E-state index contributed by atoms with van der Waals surface area (Å²) in [7, 11) is 3.39. The van der Waals surface area contributed by atoms with Crippen molar-refractivity contribution in [2.24, 2.45) is 5.73 Å². The van der Waals surface area contributed by atoms with E-state index in [2.05, 4.69) is 0 Å². The number of aliphatic carboxylic acids is 1. The molecule has 0 fully saturated rings. The first-order valence-electron chi connectivity index (χ1n) is 4.87. The van der Waals surface area contributed by atoms with Gasteiger partial charge in [0, 0.05) is 20.6 Å². The molecule has 88 valence electrons. The van der Waals surface area contributed by atoms with Gasteiger partial charge in [0.15, 0.2) is 0 Å². The molecule has 5 heteroatoms. The molecule has 0 saturated carbocycles. The number of hydrogen-bond acceptors (Lipinski definition) is 3. The summed E-state index contributed by atoms with van der Waals surface area (Å²) in [6.45, 7) is -0.00612. The minimum absolute atomic E-state index is 0.00612. The molecule has 1 unspecified atom stereocenters. The molecular formula is C11H15FN2O2. The monoisotopic (exact) mass is 226 g/mol. The third-order valence-corrected chi connectivity index (χ3v) is 2.39. The summed E-state index contributed by atoms with van der Waals surface area (Å²) in [5, 5.41) is 8.94. The smallest absolute Gasteiger partial charge is 0.312 e. The fourth-order valence-electron chi connectivity index (χ4n) is 1.47. The number of halogens is 1. The first-order chi connectivity index (χ1) is 7.47. The largest absolute Gasteiger partial charge is 0.481 e. The van der Waals surface area contributed by atoms with E-state index in [9.17, 15) is 9.18 Å². The lowest BCUT2D eigenvalue weighted by molar-refractivity contribution is -0.138.